The first-order valence-electron chi connectivity index (χ1n) is 3.35. The first kappa shape index (κ1) is 12.1. The van der Waals surface area contributed by atoms with Crippen molar-refractivity contribution in [2.75, 3.05) is 0 Å². The minimum Gasteiger partial charge on any atom is -0.515 e. The second-order valence-corrected chi connectivity index (χ2v) is 2.30. The van der Waals surface area contributed by atoms with Gasteiger partial charge in [-0.3, -0.25) is 5.57 Å². The van der Waals surface area contributed by atoms with E-state index < -0.39 is 0 Å². The molecule has 0 radical (unpaired) electrons. The molecule has 0 aliphatic heterocycles. The van der Waals surface area contributed by atoms with Gasteiger partial charge in [-0.2, -0.15) is 0 Å². The van der Waals surface area contributed by atoms with Crippen LogP contribution in [0.3, 0.4) is 0 Å². The Morgan fingerprint density at radius 1 is 1.33 bits per heavy atom. The Labute approximate surface area is 70.9 Å². The van der Waals surface area contributed by atoms with Crippen LogP contribution in [0.4, 0.5) is 0 Å². The van der Waals surface area contributed by atoms with Crippen LogP contribution in [0, 0.1) is 6.58 Å². The van der Waals surface area contributed by atoms with Gasteiger partial charge in [0.2, 0.25) is 0 Å². The van der Waals surface area contributed by atoms with E-state index in [4.69, 9.17) is 6.58 Å². The molecule has 0 N–H and O–H groups in total. The normalized spacial score (nSPS) is 8.22. The van der Waals surface area contributed by atoms with Crippen LogP contribution in [-0.2, 0) is 0 Å². The fraction of sp³-hybridized carbons (Fsp3) is 0.750. The third-order valence-electron chi connectivity index (χ3n) is 1.17. The predicted molar refractivity (Wildman–Crippen MR) is 37.6 cm³/mol. The quantitative estimate of drug-likeness (QED) is 0.276. The molecule has 48 valence electrons. The summed E-state index contributed by atoms with van der Waals surface area (Å²) in [7, 11) is 0. The summed E-state index contributed by atoms with van der Waals surface area (Å²) in [5, 5.41) is 0. The summed E-state index contributed by atoms with van der Waals surface area (Å²) in [6.07, 6.45) is 4.97. The fourth-order valence-corrected chi connectivity index (χ4v) is 0.654. The number of rotatable bonds is 4. The molecule has 0 fully saturated rings. The largest absolute Gasteiger partial charge is 1.00 e. The summed E-state index contributed by atoms with van der Waals surface area (Å²) in [5.74, 6) is 0. The second kappa shape index (κ2) is 8.34. The molecule has 0 amide bonds. The van der Waals surface area contributed by atoms with E-state index in [1.165, 1.54) is 19.3 Å². The molecule has 0 aromatic heterocycles. The molecular formula is C8H15Li. The van der Waals surface area contributed by atoms with Gasteiger partial charge >= 0.3 is 18.9 Å². The molecule has 0 saturated carbocycles. The van der Waals surface area contributed by atoms with E-state index in [0.717, 1.165) is 12.0 Å². The Kier molecular flexibility index (Phi) is 11.2. The first-order valence-corrected chi connectivity index (χ1v) is 3.35. The van der Waals surface area contributed by atoms with Crippen molar-refractivity contribution < 1.29 is 18.9 Å². The predicted octanol–water partition coefficient (Wildman–Crippen LogP) is -0.0500. The van der Waals surface area contributed by atoms with E-state index in [2.05, 4.69) is 6.92 Å². The number of allylic oxidation sites excluding steroid dienone is 1. The van der Waals surface area contributed by atoms with Crippen LogP contribution in [-0.4, -0.2) is 0 Å². The number of unbranched alkanes of at least 4 members (excludes halogenated alkanes) is 2. The van der Waals surface area contributed by atoms with Crippen molar-refractivity contribution in [3.63, 3.8) is 0 Å². The van der Waals surface area contributed by atoms with Crippen LogP contribution in [0.2, 0.25) is 0 Å². The van der Waals surface area contributed by atoms with Gasteiger partial charge in [-0.15, -0.1) is 0 Å². The van der Waals surface area contributed by atoms with Gasteiger partial charge in [0.05, 0.1) is 0 Å². The second-order valence-electron chi connectivity index (χ2n) is 2.30. The van der Waals surface area contributed by atoms with Crippen LogP contribution in [0.15, 0.2) is 5.57 Å². The Bertz CT molecular complexity index is 67.0. The summed E-state index contributed by atoms with van der Waals surface area (Å²) in [5.41, 5.74) is 1.07. The monoisotopic (exact) mass is 118 g/mol. The average molecular weight is 118 g/mol. The molecule has 0 unspecified atom stereocenters. The summed E-state index contributed by atoms with van der Waals surface area (Å²) in [6, 6.07) is 0. The Hall–Kier alpha value is 0.337. The summed E-state index contributed by atoms with van der Waals surface area (Å²) < 4.78 is 0. The molecule has 0 spiro atoms. The molecular weight excluding hydrogens is 103 g/mol. The van der Waals surface area contributed by atoms with E-state index in [1.807, 2.05) is 6.92 Å². The van der Waals surface area contributed by atoms with Crippen LogP contribution in [0.25, 0.3) is 0 Å². The van der Waals surface area contributed by atoms with E-state index in [0.29, 0.717) is 0 Å². The molecule has 0 nitrogen and oxygen atoms in total. The first-order chi connectivity index (χ1) is 3.77. The molecule has 0 aliphatic carbocycles. The summed E-state index contributed by atoms with van der Waals surface area (Å²) in [6.45, 7) is 9.63. The van der Waals surface area contributed by atoms with Crippen LogP contribution < -0.4 is 18.9 Å². The Morgan fingerprint density at radius 3 is 2.22 bits per heavy atom. The van der Waals surface area contributed by atoms with Gasteiger partial charge in [-0.05, 0) is 0 Å². The van der Waals surface area contributed by atoms with E-state index >= 15 is 0 Å². The van der Waals surface area contributed by atoms with E-state index in [9.17, 15) is 0 Å². The zero-order chi connectivity index (χ0) is 6.41. The average Bonchev–Trinajstić information content (AvgIpc) is 1.66. The zero-order valence-electron chi connectivity index (χ0n) is 6.91. The molecule has 0 saturated heterocycles. The molecule has 0 atom stereocenters. The third kappa shape index (κ3) is 11.8. The number of hydrogen-bond donors (Lipinski definition) is 0. The van der Waals surface area contributed by atoms with Crippen LogP contribution >= 0.6 is 0 Å². The molecule has 9 heavy (non-hydrogen) atoms. The maximum atomic E-state index is 5.45. The van der Waals surface area contributed by atoms with Gasteiger partial charge in [0.25, 0.3) is 0 Å². The maximum Gasteiger partial charge on any atom is 1.00 e. The molecule has 0 aliphatic rings. The minimum atomic E-state index is 0. The standard InChI is InChI=1S/C8H15.Li/c1-4-5-6-7-8(2)3;/h2H,4-7H2,1,3H3;/q-1;+1. The SMILES string of the molecule is [CH-]=C(C)CCCCC.[Li+]. The van der Waals surface area contributed by atoms with Gasteiger partial charge in [-0.25, -0.2) is 0 Å². The Morgan fingerprint density at radius 2 is 1.89 bits per heavy atom. The molecule has 0 rings (SSSR count). The van der Waals surface area contributed by atoms with E-state index in [-0.39, 0.29) is 18.9 Å². The molecule has 0 heterocycles. The van der Waals surface area contributed by atoms with Crippen molar-refractivity contribution in [3.8, 4) is 0 Å². The molecule has 0 aromatic carbocycles. The minimum absolute atomic E-state index is 0. The van der Waals surface area contributed by atoms with Crippen molar-refractivity contribution in [2.24, 2.45) is 0 Å². The van der Waals surface area contributed by atoms with Crippen molar-refractivity contribution in [3.05, 3.63) is 12.2 Å². The van der Waals surface area contributed by atoms with Gasteiger partial charge in [-0.1, -0.05) is 39.5 Å². The van der Waals surface area contributed by atoms with Gasteiger partial charge in [0, 0.05) is 0 Å². The van der Waals surface area contributed by atoms with Crippen molar-refractivity contribution in [1.29, 1.82) is 0 Å². The summed E-state index contributed by atoms with van der Waals surface area (Å²) in [4.78, 5) is 0. The van der Waals surface area contributed by atoms with Crippen molar-refractivity contribution in [2.45, 2.75) is 39.5 Å². The molecule has 0 aromatic rings. The third-order valence-corrected chi connectivity index (χ3v) is 1.17. The number of hydrogen-bond acceptors (Lipinski definition) is 0. The van der Waals surface area contributed by atoms with Crippen molar-refractivity contribution in [1.82, 2.24) is 0 Å². The van der Waals surface area contributed by atoms with Gasteiger partial charge in [0.1, 0.15) is 0 Å². The van der Waals surface area contributed by atoms with Gasteiger partial charge in [0.15, 0.2) is 0 Å². The smallest absolute Gasteiger partial charge is 0.515 e. The Balaban J connectivity index is 0. The van der Waals surface area contributed by atoms with Gasteiger partial charge < -0.3 is 6.58 Å². The van der Waals surface area contributed by atoms with Crippen LogP contribution in [0.1, 0.15) is 39.5 Å². The maximum absolute atomic E-state index is 5.45. The van der Waals surface area contributed by atoms with Crippen molar-refractivity contribution >= 4 is 0 Å². The van der Waals surface area contributed by atoms with Crippen LogP contribution in [0.5, 0.6) is 0 Å². The fourth-order valence-electron chi connectivity index (χ4n) is 0.654. The molecule has 0 bridgehead atoms. The van der Waals surface area contributed by atoms with E-state index in [1.54, 1.807) is 0 Å². The topological polar surface area (TPSA) is 0 Å². The molecule has 1 heteroatoms. The summed E-state index contributed by atoms with van der Waals surface area (Å²) >= 11 is 0. The zero-order valence-corrected chi connectivity index (χ0v) is 6.91.